The predicted octanol–water partition coefficient (Wildman–Crippen LogP) is 3.03. The number of para-hydroxylation sites is 2. The molecular formula is C13H8N4S. The molecule has 5 heteroatoms. The van der Waals surface area contributed by atoms with E-state index in [1.54, 1.807) is 17.7 Å². The molecule has 0 amide bonds. The van der Waals surface area contributed by atoms with E-state index in [-0.39, 0.29) is 0 Å². The van der Waals surface area contributed by atoms with Gasteiger partial charge in [-0.15, -0.1) is 11.3 Å². The zero-order valence-corrected chi connectivity index (χ0v) is 10.1. The Balaban J connectivity index is 2.10. The molecule has 0 aliphatic heterocycles. The van der Waals surface area contributed by atoms with Crippen molar-refractivity contribution in [3.05, 3.63) is 48.4 Å². The highest BCUT2D eigenvalue weighted by atomic mass is 32.1. The first-order valence-electron chi connectivity index (χ1n) is 5.54. The van der Waals surface area contributed by atoms with E-state index in [0.29, 0.717) is 0 Å². The standard InChI is InChI=1S/C13H8N4S/c1-2-4-11-9(3-1)16-8-17(11)13-12-10(5-6-18-12)14-7-15-13/h1-8H. The summed E-state index contributed by atoms with van der Waals surface area (Å²) in [5.74, 6) is 0.892. The third-order valence-electron chi connectivity index (χ3n) is 2.91. The molecule has 18 heavy (non-hydrogen) atoms. The van der Waals surface area contributed by atoms with Crippen molar-refractivity contribution in [3.63, 3.8) is 0 Å². The van der Waals surface area contributed by atoms with Gasteiger partial charge in [0, 0.05) is 0 Å². The van der Waals surface area contributed by atoms with Gasteiger partial charge >= 0.3 is 0 Å². The lowest BCUT2D eigenvalue weighted by molar-refractivity contribution is 1.02. The fourth-order valence-corrected chi connectivity index (χ4v) is 2.91. The molecule has 3 aromatic heterocycles. The van der Waals surface area contributed by atoms with Gasteiger partial charge < -0.3 is 0 Å². The lowest BCUT2D eigenvalue weighted by Gasteiger charge is -2.03. The molecule has 0 aliphatic carbocycles. The van der Waals surface area contributed by atoms with Crippen LogP contribution in [0, 0.1) is 0 Å². The van der Waals surface area contributed by atoms with Crippen LogP contribution in [-0.2, 0) is 0 Å². The fraction of sp³-hybridized carbons (Fsp3) is 0. The maximum atomic E-state index is 4.39. The topological polar surface area (TPSA) is 43.6 Å². The fourth-order valence-electron chi connectivity index (χ4n) is 2.08. The van der Waals surface area contributed by atoms with E-state index in [1.165, 1.54) is 0 Å². The molecule has 0 spiro atoms. The third kappa shape index (κ3) is 1.28. The van der Waals surface area contributed by atoms with E-state index in [1.807, 2.05) is 46.6 Å². The molecule has 4 rings (SSSR count). The van der Waals surface area contributed by atoms with Gasteiger partial charge in [0.1, 0.15) is 12.7 Å². The molecule has 0 radical (unpaired) electrons. The number of hydrogen-bond donors (Lipinski definition) is 0. The quantitative estimate of drug-likeness (QED) is 0.523. The van der Waals surface area contributed by atoms with Gasteiger partial charge in [-0.05, 0) is 23.6 Å². The van der Waals surface area contributed by atoms with E-state index < -0.39 is 0 Å². The predicted molar refractivity (Wildman–Crippen MR) is 72.0 cm³/mol. The van der Waals surface area contributed by atoms with Gasteiger partial charge in [0.2, 0.25) is 0 Å². The number of hydrogen-bond acceptors (Lipinski definition) is 4. The van der Waals surface area contributed by atoms with Gasteiger partial charge in [-0.1, -0.05) is 12.1 Å². The van der Waals surface area contributed by atoms with Crippen molar-refractivity contribution in [1.29, 1.82) is 0 Å². The Bertz CT molecular complexity index is 846. The van der Waals surface area contributed by atoms with Gasteiger partial charge in [-0.3, -0.25) is 4.57 Å². The summed E-state index contributed by atoms with van der Waals surface area (Å²) in [6, 6.07) is 10.0. The first-order valence-corrected chi connectivity index (χ1v) is 6.42. The number of nitrogens with zero attached hydrogens (tertiary/aromatic N) is 4. The summed E-state index contributed by atoms with van der Waals surface area (Å²) in [6.45, 7) is 0. The van der Waals surface area contributed by atoms with E-state index >= 15 is 0 Å². The van der Waals surface area contributed by atoms with Crippen LogP contribution in [0.15, 0.2) is 48.4 Å². The summed E-state index contributed by atoms with van der Waals surface area (Å²) in [6.07, 6.45) is 3.41. The average molecular weight is 252 g/mol. The Morgan fingerprint density at radius 2 is 1.89 bits per heavy atom. The molecule has 4 nitrogen and oxygen atoms in total. The van der Waals surface area contributed by atoms with Crippen molar-refractivity contribution in [3.8, 4) is 5.82 Å². The van der Waals surface area contributed by atoms with Gasteiger partial charge in [-0.25, -0.2) is 15.0 Å². The molecule has 1 aromatic carbocycles. The van der Waals surface area contributed by atoms with Crippen LogP contribution in [0.1, 0.15) is 0 Å². The molecule has 0 N–H and O–H groups in total. The number of imidazole rings is 1. The van der Waals surface area contributed by atoms with Crippen LogP contribution in [0.5, 0.6) is 0 Å². The van der Waals surface area contributed by atoms with E-state index in [2.05, 4.69) is 15.0 Å². The number of rotatable bonds is 1. The smallest absolute Gasteiger partial charge is 0.159 e. The van der Waals surface area contributed by atoms with Crippen molar-refractivity contribution < 1.29 is 0 Å². The Labute approximate surface area is 107 Å². The molecule has 0 aliphatic rings. The Hall–Kier alpha value is -2.27. The number of benzene rings is 1. The zero-order valence-electron chi connectivity index (χ0n) is 9.32. The minimum absolute atomic E-state index is 0.892. The highest BCUT2D eigenvalue weighted by molar-refractivity contribution is 7.17. The van der Waals surface area contributed by atoms with Gasteiger partial charge in [0.15, 0.2) is 5.82 Å². The number of thiophene rings is 1. The summed E-state index contributed by atoms with van der Waals surface area (Å²) in [4.78, 5) is 13.0. The van der Waals surface area contributed by atoms with E-state index in [9.17, 15) is 0 Å². The molecule has 0 atom stereocenters. The third-order valence-corrected chi connectivity index (χ3v) is 3.81. The van der Waals surface area contributed by atoms with Crippen molar-refractivity contribution in [1.82, 2.24) is 19.5 Å². The molecule has 0 fully saturated rings. The Kier molecular flexibility index (Phi) is 1.95. The summed E-state index contributed by atoms with van der Waals surface area (Å²) < 4.78 is 3.09. The van der Waals surface area contributed by atoms with Crippen LogP contribution in [0.25, 0.3) is 27.1 Å². The first-order chi connectivity index (χ1) is 8.93. The van der Waals surface area contributed by atoms with Crippen LogP contribution in [0.2, 0.25) is 0 Å². The normalized spacial score (nSPS) is 11.3. The number of fused-ring (bicyclic) bond motifs is 2. The highest BCUT2D eigenvalue weighted by Gasteiger charge is 2.10. The maximum Gasteiger partial charge on any atom is 0.159 e. The lowest BCUT2D eigenvalue weighted by atomic mass is 10.3. The minimum atomic E-state index is 0.892. The molecule has 0 unspecified atom stereocenters. The van der Waals surface area contributed by atoms with Crippen LogP contribution in [0.4, 0.5) is 0 Å². The van der Waals surface area contributed by atoms with E-state index in [4.69, 9.17) is 0 Å². The molecule has 0 saturated carbocycles. The molecule has 0 bridgehead atoms. The van der Waals surface area contributed by atoms with Crippen molar-refractivity contribution in [2.24, 2.45) is 0 Å². The molecule has 86 valence electrons. The summed E-state index contributed by atoms with van der Waals surface area (Å²) >= 11 is 1.65. The second-order valence-corrected chi connectivity index (χ2v) is 4.85. The van der Waals surface area contributed by atoms with Crippen LogP contribution in [0.3, 0.4) is 0 Å². The largest absolute Gasteiger partial charge is 0.282 e. The molecule has 4 aromatic rings. The first kappa shape index (κ1) is 9.73. The van der Waals surface area contributed by atoms with Crippen LogP contribution >= 0.6 is 11.3 Å². The Morgan fingerprint density at radius 3 is 2.89 bits per heavy atom. The van der Waals surface area contributed by atoms with Crippen LogP contribution < -0.4 is 0 Å². The molecule has 3 heterocycles. The van der Waals surface area contributed by atoms with E-state index in [0.717, 1.165) is 27.1 Å². The van der Waals surface area contributed by atoms with Crippen molar-refractivity contribution in [2.75, 3.05) is 0 Å². The van der Waals surface area contributed by atoms with Crippen molar-refractivity contribution in [2.45, 2.75) is 0 Å². The second-order valence-electron chi connectivity index (χ2n) is 3.94. The second kappa shape index (κ2) is 3.61. The van der Waals surface area contributed by atoms with Crippen molar-refractivity contribution >= 4 is 32.6 Å². The average Bonchev–Trinajstić information content (AvgIpc) is 3.05. The summed E-state index contributed by atoms with van der Waals surface area (Å²) in [5.41, 5.74) is 3.01. The molecular weight excluding hydrogens is 244 g/mol. The molecule has 0 saturated heterocycles. The highest BCUT2D eigenvalue weighted by Crippen LogP contribution is 2.26. The van der Waals surface area contributed by atoms with Gasteiger partial charge in [-0.2, -0.15) is 0 Å². The monoisotopic (exact) mass is 252 g/mol. The van der Waals surface area contributed by atoms with Gasteiger partial charge in [0.25, 0.3) is 0 Å². The minimum Gasteiger partial charge on any atom is -0.282 e. The Morgan fingerprint density at radius 1 is 0.944 bits per heavy atom. The SMILES string of the molecule is c1ccc2c(c1)ncn2-c1ncnc2ccsc12. The lowest BCUT2D eigenvalue weighted by Crippen LogP contribution is -1.96. The summed E-state index contributed by atoms with van der Waals surface area (Å²) in [5, 5.41) is 2.03. The number of aromatic nitrogens is 4. The zero-order chi connectivity index (χ0) is 11.9. The maximum absolute atomic E-state index is 4.39. The summed E-state index contributed by atoms with van der Waals surface area (Å²) in [7, 11) is 0. The van der Waals surface area contributed by atoms with Crippen LogP contribution in [-0.4, -0.2) is 19.5 Å². The van der Waals surface area contributed by atoms with Gasteiger partial charge in [0.05, 0.1) is 21.3 Å².